The lowest BCUT2D eigenvalue weighted by atomic mass is 10.2. The van der Waals surface area contributed by atoms with Crippen molar-refractivity contribution in [2.45, 2.75) is 22.2 Å². The molecule has 9 nitrogen and oxygen atoms in total. The van der Waals surface area contributed by atoms with Crippen molar-refractivity contribution in [3.63, 3.8) is 0 Å². The Balaban J connectivity index is 1.71. The first-order valence-corrected chi connectivity index (χ1v) is 12.0. The number of carbonyl (C=O) groups is 1. The first-order chi connectivity index (χ1) is 15.1. The van der Waals surface area contributed by atoms with Crippen LogP contribution in [0.15, 0.2) is 58.6 Å². The van der Waals surface area contributed by atoms with E-state index in [-0.39, 0.29) is 10.8 Å². The molecule has 1 N–H and O–H groups in total. The summed E-state index contributed by atoms with van der Waals surface area (Å²) in [7, 11) is 2.77. The molecule has 3 rings (SSSR count). The minimum Gasteiger partial charge on any atom is -0.497 e. The number of aromatic nitrogens is 3. The fourth-order valence-corrected chi connectivity index (χ4v) is 4.57. The van der Waals surface area contributed by atoms with E-state index in [9.17, 15) is 13.2 Å². The monoisotopic (exact) mass is 475 g/mol. The van der Waals surface area contributed by atoms with Crippen LogP contribution < -0.4 is 10.1 Å². The Morgan fingerprint density at radius 2 is 1.84 bits per heavy atom. The van der Waals surface area contributed by atoms with Gasteiger partial charge in [-0.05, 0) is 49.4 Å². The Bertz CT molecular complexity index is 1210. The van der Waals surface area contributed by atoms with Crippen LogP contribution in [-0.4, -0.2) is 59.8 Å². The smallest absolute Gasteiger partial charge is 0.242 e. The normalized spacial score (nSPS) is 12.6. The predicted molar refractivity (Wildman–Crippen MR) is 124 cm³/mol. The molecule has 0 saturated carbocycles. The highest BCUT2D eigenvalue weighted by Crippen LogP contribution is 2.27. The van der Waals surface area contributed by atoms with Crippen molar-refractivity contribution in [1.82, 2.24) is 19.1 Å². The standard InChI is InChI=1S/C21H25N5O4S2/c1-14(20(27)22-16-7-6-8-18(13-16)32(28,29)25(2)3)31-21-24-23-19(26(21)4)15-9-11-17(30-5)12-10-15/h6-14H,1-5H3,(H,22,27). The number of hydrogen-bond acceptors (Lipinski definition) is 7. The molecule has 1 heterocycles. The molecule has 0 saturated heterocycles. The number of methoxy groups -OCH3 is 1. The van der Waals surface area contributed by atoms with Gasteiger partial charge < -0.3 is 14.6 Å². The highest BCUT2D eigenvalue weighted by atomic mass is 32.2. The van der Waals surface area contributed by atoms with Crippen LogP contribution in [0.4, 0.5) is 5.69 Å². The van der Waals surface area contributed by atoms with Gasteiger partial charge in [-0.3, -0.25) is 4.79 Å². The van der Waals surface area contributed by atoms with Gasteiger partial charge in [-0.25, -0.2) is 12.7 Å². The SMILES string of the molecule is COc1ccc(-c2nnc(SC(C)C(=O)Nc3cccc(S(=O)(=O)N(C)C)c3)n2C)cc1. The van der Waals surface area contributed by atoms with Crippen LogP contribution >= 0.6 is 11.8 Å². The fraction of sp³-hybridized carbons (Fsp3) is 0.286. The second-order valence-electron chi connectivity index (χ2n) is 7.16. The average Bonchev–Trinajstić information content (AvgIpc) is 3.13. The van der Waals surface area contributed by atoms with Gasteiger partial charge in [0.2, 0.25) is 15.9 Å². The van der Waals surface area contributed by atoms with Crippen LogP contribution in [0.1, 0.15) is 6.92 Å². The van der Waals surface area contributed by atoms with Crippen molar-refractivity contribution in [3.05, 3.63) is 48.5 Å². The molecule has 0 aliphatic rings. The summed E-state index contributed by atoms with van der Waals surface area (Å²) in [6, 6.07) is 13.6. The summed E-state index contributed by atoms with van der Waals surface area (Å²) in [4.78, 5) is 12.8. The third-order valence-corrected chi connectivity index (χ3v) is 7.66. The third kappa shape index (κ3) is 5.12. The molecule has 0 spiro atoms. The van der Waals surface area contributed by atoms with Gasteiger partial charge in [-0.2, -0.15) is 0 Å². The molecule has 1 aromatic heterocycles. The summed E-state index contributed by atoms with van der Waals surface area (Å²) in [5, 5.41) is 11.3. The average molecular weight is 476 g/mol. The van der Waals surface area contributed by atoms with E-state index in [1.165, 1.54) is 38.0 Å². The molecule has 3 aromatic rings. The first-order valence-electron chi connectivity index (χ1n) is 9.67. The second kappa shape index (κ2) is 9.72. The van der Waals surface area contributed by atoms with Crippen LogP contribution in [0.5, 0.6) is 5.75 Å². The maximum atomic E-state index is 12.7. The predicted octanol–water partition coefficient (Wildman–Crippen LogP) is 2.86. The largest absolute Gasteiger partial charge is 0.497 e. The van der Waals surface area contributed by atoms with Gasteiger partial charge in [-0.15, -0.1) is 10.2 Å². The van der Waals surface area contributed by atoms with E-state index in [1.807, 2.05) is 35.9 Å². The van der Waals surface area contributed by atoms with E-state index < -0.39 is 15.3 Å². The van der Waals surface area contributed by atoms with Crippen molar-refractivity contribution in [2.24, 2.45) is 7.05 Å². The number of nitrogens with zero attached hydrogens (tertiary/aromatic N) is 4. The molecule has 1 amide bonds. The number of thioether (sulfide) groups is 1. The molecule has 0 aliphatic carbocycles. The van der Waals surface area contributed by atoms with Gasteiger partial charge in [0.05, 0.1) is 17.3 Å². The zero-order valence-electron chi connectivity index (χ0n) is 18.4. The summed E-state index contributed by atoms with van der Waals surface area (Å²) in [6.45, 7) is 1.75. The van der Waals surface area contributed by atoms with Crippen molar-refractivity contribution in [1.29, 1.82) is 0 Å². The molecule has 0 radical (unpaired) electrons. The van der Waals surface area contributed by atoms with Crippen LogP contribution in [0.2, 0.25) is 0 Å². The van der Waals surface area contributed by atoms with E-state index in [4.69, 9.17) is 4.74 Å². The quantitative estimate of drug-likeness (QED) is 0.499. The highest BCUT2D eigenvalue weighted by Gasteiger charge is 2.21. The number of ether oxygens (including phenoxy) is 1. The van der Waals surface area contributed by atoms with Gasteiger partial charge in [0.15, 0.2) is 11.0 Å². The molecule has 11 heteroatoms. The Labute approximate surface area is 191 Å². The number of amides is 1. The summed E-state index contributed by atoms with van der Waals surface area (Å²) in [6.07, 6.45) is 0. The topological polar surface area (TPSA) is 106 Å². The molecule has 170 valence electrons. The number of sulfonamides is 1. The lowest BCUT2D eigenvalue weighted by Crippen LogP contribution is -2.24. The van der Waals surface area contributed by atoms with E-state index in [0.717, 1.165) is 15.6 Å². The lowest BCUT2D eigenvalue weighted by molar-refractivity contribution is -0.115. The van der Waals surface area contributed by atoms with E-state index >= 15 is 0 Å². The van der Waals surface area contributed by atoms with Crippen molar-refractivity contribution in [3.8, 4) is 17.1 Å². The van der Waals surface area contributed by atoms with Crippen LogP contribution in [0.25, 0.3) is 11.4 Å². The molecular weight excluding hydrogens is 450 g/mol. The lowest BCUT2D eigenvalue weighted by Gasteiger charge is -2.14. The number of nitrogens with one attached hydrogen (secondary N) is 1. The van der Waals surface area contributed by atoms with Crippen LogP contribution in [-0.2, 0) is 21.9 Å². The van der Waals surface area contributed by atoms with E-state index in [1.54, 1.807) is 26.2 Å². The first kappa shape index (κ1) is 23.8. The number of benzene rings is 2. The molecule has 1 atom stereocenters. The van der Waals surface area contributed by atoms with Gasteiger partial charge >= 0.3 is 0 Å². The Morgan fingerprint density at radius 1 is 1.16 bits per heavy atom. The summed E-state index contributed by atoms with van der Waals surface area (Å²) >= 11 is 1.26. The Hall–Kier alpha value is -2.89. The molecule has 0 fully saturated rings. The number of rotatable bonds is 8. The van der Waals surface area contributed by atoms with Gasteiger partial charge in [0.25, 0.3) is 0 Å². The molecule has 0 aliphatic heterocycles. The zero-order chi connectivity index (χ0) is 23.5. The van der Waals surface area contributed by atoms with Crippen molar-refractivity contribution in [2.75, 3.05) is 26.5 Å². The van der Waals surface area contributed by atoms with Gasteiger partial charge in [-0.1, -0.05) is 17.8 Å². The van der Waals surface area contributed by atoms with Crippen LogP contribution in [0, 0.1) is 0 Å². The Kier molecular flexibility index (Phi) is 7.22. The number of anilines is 1. The highest BCUT2D eigenvalue weighted by molar-refractivity contribution is 8.00. The fourth-order valence-electron chi connectivity index (χ4n) is 2.81. The van der Waals surface area contributed by atoms with Gasteiger partial charge in [0, 0.05) is 32.4 Å². The second-order valence-corrected chi connectivity index (χ2v) is 10.6. The molecule has 32 heavy (non-hydrogen) atoms. The summed E-state index contributed by atoms with van der Waals surface area (Å²) in [5.41, 5.74) is 1.28. The molecular formula is C21H25N5O4S2. The Morgan fingerprint density at radius 3 is 2.47 bits per heavy atom. The maximum Gasteiger partial charge on any atom is 0.242 e. The van der Waals surface area contributed by atoms with Crippen LogP contribution in [0.3, 0.4) is 0 Å². The summed E-state index contributed by atoms with van der Waals surface area (Å²) in [5.74, 6) is 1.14. The van der Waals surface area contributed by atoms with Gasteiger partial charge in [0.1, 0.15) is 5.75 Å². The maximum absolute atomic E-state index is 12.7. The van der Waals surface area contributed by atoms with Crippen molar-refractivity contribution < 1.29 is 17.9 Å². The molecule has 1 unspecified atom stereocenters. The zero-order valence-corrected chi connectivity index (χ0v) is 20.1. The molecule has 0 bridgehead atoms. The molecule has 2 aromatic carbocycles. The minimum absolute atomic E-state index is 0.109. The van der Waals surface area contributed by atoms with E-state index in [2.05, 4.69) is 15.5 Å². The van der Waals surface area contributed by atoms with Crippen molar-refractivity contribution >= 4 is 33.4 Å². The third-order valence-electron chi connectivity index (χ3n) is 4.71. The number of hydrogen-bond donors (Lipinski definition) is 1. The number of carbonyl (C=O) groups excluding carboxylic acids is 1. The summed E-state index contributed by atoms with van der Waals surface area (Å²) < 4.78 is 32.8. The van der Waals surface area contributed by atoms with E-state index in [0.29, 0.717) is 16.7 Å². The minimum atomic E-state index is -3.59.